The van der Waals surface area contributed by atoms with Crippen molar-refractivity contribution < 1.29 is 0 Å². The Hall–Kier alpha value is -0.650. The average molecular weight is 415 g/mol. The molecule has 0 fully saturated rings. The van der Waals surface area contributed by atoms with Gasteiger partial charge in [-0.2, -0.15) is 5.10 Å². The number of benzene rings is 1. The first kappa shape index (κ1) is 16.7. The van der Waals surface area contributed by atoms with Crippen molar-refractivity contribution in [2.24, 2.45) is 0 Å². The van der Waals surface area contributed by atoms with E-state index in [4.69, 9.17) is 0 Å². The van der Waals surface area contributed by atoms with Crippen LogP contribution in [0.25, 0.3) is 0 Å². The molecule has 5 heteroatoms. The molecule has 114 valence electrons. The number of nitrogens with zero attached hydrogens (tertiary/aromatic N) is 2. The average Bonchev–Trinajstić information content (AvgIpc) is 2.81. The highest BCUT2D eigenvalue weighted by molar-refractivity contribution is 9.10. The molecule has 2 aromatic rings. The standard InChI is InChI=1S/C16H21Br2N3/c1-4-14-16(18)15(21(5-2)20-14)10-19-11(3)12-6-8-13(17)9-7-12/h6-9,11,19H,4-5,10H2,1-3H3/t11-/m0/s1. The summed E-state index contributed by atoms with van der Waals surface area (Å²) < 4.78 is 4.32. The molecule has 0 bridgehead atoms. The number of rotatable bonds is 6. The Morgan fingerprint density at radius 2 is 1.86 bits per heavy atom. The fourth-order valence-corrected chi connectivity index (χ4v) is 3.27. The predicted octanol–water partition coefficient (Wildman–Crippen LogP) is 4.84. The summed E-state index contributed by atoms with van der Waals surface area (Å²) in [6.07, 6.45) is 0.947. The van der Waals surface area contributed by atoms with E-state index in [-0.39, 0.29) is 0 Å². The van der Waals surface area contributed by atoms with E-state index in [9.17, 15) is 0 Å². The van der Waals surface area contributed by atoms with E-state index in [1.54, 1.807) is 0 Å². The quantitative estimate of drug-likeness (QED) is 0.732. The zero-order chi connectivity index (χ0) is 15.4. The second-order valence-corrected chi connectivity index (χ2v) is 6.74. The Kier molecular flexibility index (Phi) is 6.02. The summed E-state index contributed by atoms with van der Waals surface area (Å²) in [6, 6.07) is 8.75. The fourth-order valence-electron chi connectivity index (χ4n) is 2.31. The number of hydrogen-bond acceptors (Lipinski definition) is 2. The lowest BCUT2D eigenvalue weighted by Crippen LogP contribution is -2.20. The molecule has 0 spiro atoms. The van der Waals surface area contributed by atoms with Gasteiger partial charge < -0.3 is 5.32 Å². The summed E-state index contributed by atoms with van der Waals surface area (Å²) in [5.41, 5.74) is 3.64. The Morgan fingerprint density at radius 3 is 2.43 bits per heavy atom. The maximum atomic E-state index is 4.63. The van der Waals surface area contributed by atoms with Crippen molar-refractivity contribution in [1.82, 2.24) is 15.1 Å². The Balaban J connectivity index is 2.09. The molecule has 21 heavy (non-hydrogen) atoms. The van der Waals surface area contributed by atoms with E-state index in [0.717, 1.165) is 34.1 Å². The molecule has 1 aromatic carbocycles. The van der Waals surface area contributed by atoms with Crippen LogP contribution in [0, 0.1) is 0 Å². The van der Waals surface area contributed by atoms with Gasteiger partial charge in [0.15, 0.2) is 0 Å². The van der Waals surface area contributed by atoms with Crippen molar-refractivity contribution in [2.75, 3.05) is 0 Å². The second-order valence-electron chi connectivity index (χ2n) is 5.03. The van der Waals surface area contributed by atoms with Gasteiger partial charge in [-0.25, -0.2) is 0 Å². The first-order valence-corrected chi connectivity index (χ1v) is 8.88. The van der Waals surface area contributed by atoms with Gasteiger partial charge in [-0.3, -0.25) is 4.68 Å². The molecule has 0 saturated carbocycles. The Bertz CT molecular complexity index is 590. The van der Waals surface area contributed by atoms with E-state index < -0.39 is 0 Å². The monoisotopic (exact) mass is 413 g/mol. The highest BCUT2D eigenvalue weighted by Crippen LogP contribution is 2.23. The van der Waals surface area contributed by atoms with Crippen LogP contribution < -0.4 is 5.32 Å². The minimum atomic E-state index is 0.301. The molecular weight excluding hydrogens is 394 g/mol. The first-order chi connectivity index (χ1) is 10.1. The van der Waals surface area contributed by atoms with Crippen LogP contribution >= 0.6 is 31.9 Å². The molecule has 2 rings (SSSR count). The van der Waals surface area contributed by atoms with Crippen molar-refractivity contribution in [3.05, 3.63) is 50.2 Å². The normalized spacial score (nSPS) is 12.6. The highest BCUT2D eigenvalue weighted by atomic mass is 79.9. The second kappa shape index (κ2) is 7.56. The zero-order valence-electron chi connectivity index (χ0n) is 12.7. The van der Waals surface area contributed by atoms with Crippen LogP contribution in [0.3, 0.4) is 0 Å². The largest absolute Gasteiger partial charge is 0.305 e. The number of aromatic nitrogens is 2. The molecule has 0 aliphatic rings. The summed E-state index contributed by atoms with van der Waals surface area (Å²) in [6.45, 7) is 8.14. The van der Waals surface area contributed by atoms with Gasteiger partial charge in [-0.1, -0.05) is 35.0 Å². The van der Waals surface area contributed by atoms with Gasteiger partial charge in [0, 0.05) is 23.6 Å². The number of nitrogens with one attached hydrogen (secondary N) is 1. The van der Waals surface area contributed by atoms with Crippen molar-refractivity contribution in [2.45, 2.75) is 46.3 Å². The molecule has 1 N–H and O–H groups in total. The van der Waals surface area contributed by atoms with Gasteiger partial charge >= 0.3 is 0 Å². The third-order valence-corrected chi connectivity index (χ3v) is 5.08. The van der Waals surface area contributed by atoms with Crippen LogP contribution in [0.4, 0.5) is 0 Å². The Labute approximate surface area is 143 Å². The SMILES string of the molecule is CCc1nn(CC)c(CN[C@@H](C)c2ccc(Br)cc2)c1Br. The van der Waals surface area contributed by atoms with Gasteiger partial charge in [0.2, 0.25) is 0 Å². The van der Waals surface area contributed by atoms with Gasteiger partial charge in [-0.05, 0) is 53.9 Å². The lowest BCUT2D eigenvalue weighted by Gasteiger charge is -2.15. The molecule has 1 atom stereocenters. The van der Waals surface area contributed by atoms with Crippen LogP contribution in [0.2, 0.25) is 0 Å². The van der Waals surface area contributed by atoms with E-state index in [1.807, 2.05) is 0 Å². The van der Waals surface area contributed by atoms with Crippen molar-refractivity contribution in [1.29, 1.82) is 0 Å². The highest BCUT2D eigenvalue weighted by Gasteiger charge is 2.14. The lowest BCUT2D eigenvalue weighted by atomic mass is 10.1. The number of hydrogen-bond donors (Lipinski definition) is 1. The van der Waals surface area contributed by atoms with Crippen molar-refractivity contribution in [3.8, 4) is 0 Å². The van der Waals surface area contributed by atoms with E-state index in [1.165, 1.54) is 11.3 Å². The first-order valence-electron chi connectivity index (χ1n) is 7.29. The molecule has 0 aliphatic heterocycles. The molecule has 3 nitrogen and oxygen atoms in total. The number of aryl methyl sites for hydroxylation is 2. The molecule has 1 aromatic heterocycles. The topological polar surface area (TPSA) is 29.9 Å². The van der Waals surface area contributed by atoms with Crippen LogP contribution in [-0.4, -0.2) is 9.78 Å². The predicted molar refractivity (Wildman–Crippen MR) is 94.4 cm³/mol. The van der Waals surface area contributed by atoms with Crippen LogP contribution in [0.5, 0.6) is 0 Å². The van der Waals surface area contributed by atoms with Gasteiger partial charge in [0.25, 0.3) is 0 Å². The van der Waals surface area contributed by atoms with Crippen LogP contribution in [0.1, 0.15) is 43.8 Å². The van der Waals surface area contributed by atoms with E-state index in [0.29, 0.717) is 6.04 Å². The molecule has 0 aliphatic carbocycles. The van der Waals surface area contributed by atoms with Gasteiger partial charge in [-0.15, -0.1) is 0 Å². The zero-order valence-corrected chi connectivity index (χ0v) is 15.8. The maximum absolute atomic E-state index is 4.63. The van der Waals surface area contributed by atoms with Gasteiger partial charge in [0.05, 0.1) is 15.9 Å². The minimum Gasteiger partial charge on any atom is -0.305 e. The molecule has 0 radical (unpaired) electrons. The van der Waals surface area contributed by atoms with E-state index >= 15 is 0 Å². The summed E-state index contributed by atoms with van der Waals surface area (Å²) in [5, 5.41) is 8.21. The smallest absolute Gasteiger partial charge is 0.0767 e. The fraction of sp³-hybridized carbons (Fsp3) is 0.438. The molecule has 0 amide bonds. The van der Waals surface area contributed by atoms with Crippen molar-refractivity contribution in [3.63, 3.8) is 0 Å². The van der Waals surface area contributed by atoms with Crippen LogP contribution in [-0.2, 0) is 19.5 Å². The van der Waals surface area contributed by atoms with Gasteiger partial charge in [0.1, 0.15) is 0 Å². The molecule has 0 saturated heterocycles. The third kappa shape index (κ3) is 3.96. The van der Waals surface area contributed by atoms with Crippen LogP contribution in [0.15, 0.2) is 33.2 Å². The summed E-state index contributed by atoms with van der Waals surface area (Å²) >= 11 is 7.16. The molecule has 0 unspecified atom stereocenters. The molecule has 1 heterocycles. The lowest BCUT2D eigenvalue weighted by molar-refractivity contribution is 0.529. The summed E-state index contributed by atoms with van der Waals surface area (Å²) in [7, 11) is 0. The summed E-state index contributed by atoms with van der Waals surface area (Å²) in [5.74, 6) is 0. The maximum Gasteiger partial charge on any atom is 0.0767 e. The third-order valence-electron chi connectivity index (χ3n) is 3.64. The van der Waals surface area contributed by atoms with E-state index in [2.05, 4.69) is 92.0 Å². The van der Waals surface area contributed by atoms with Crippen molar-refractivity contribution >= 4 is 31.9 Å². The summed E-state index contributed by atoms with van der Waals surface area (Å²) in [4.78, 5) is 0. The Morgan fingerprint density at radius 1 is 1.19 bits per heavy atom. The number of halogens is 2. The molecular formula is C16H21Br2N3. The minimum absolute atomic E-state index is 0.301.